The molecule has 0 bridgehead atoms. The largest absolute Gasteiger partial charge is 0.477 e. The van der Waals surface area contributed by atoms with Crippen molar-refractivity contribution in [1.82, 2.24) is 14.9 Å². The smallest absolute Gasteiger partial charge is 0.416 e. The minimum atomic E-state index is -5.03. The maximum absolute atomic E-state index is 14.1. The summed E-state index contributed by atoms with van der Waals surface area (Å²) in [5.74, 6) is -0.924. The second kappa shape index (κ2) is 11.3. The van der Waals surface area contributed by atoms with Gasteiger partial charge in [0.1, 0.15) is 5.56 Å². The van der Waals surface area contributed by atoms with Crippen LogP contribution >= 0.6 is 0 Å². The Morgan fingerprint density at radius 2 is 1.53 bits per heavy atom. The molecule has 0 spiro atoms. The molecular formula is C28H26F6N4O4S. The number of benzene rings is 2. The van der Waals surface area contributed by atoms with Crippen LogP contribution in [0.1, 0.15) is 39.0 Å². The van der Waals surface area contributed by atoms with Crippen molar-refractivity contribution in [3.05, 3.63) is 70.3 Å². The fourth-order valence-electron chi connectivity index (χ4n) is 4.98. The van der Waals surface area contributed by atoms with E-state index in [0.717, 1.165) is 10.5 Å². The van der Waals surface area contributed by atoms with Gasteiger partial charge in [0.2, 0.25) is 11.8 Å². The van der Waals surface area contributed by atoms with E-state index in [2.05, 4.69) is 9.97 Å². The number of hydrogen-bond donors (Lipinski definition) is 0. The molecule has 3 aromatic rings. The highest BCUT2D eigenvalue weighted by Crippen LogP contribution is 2.38. The third-order valence-electron chi connectivity index (χ3n) is 7.22. The fourth-order valence-corrected chi connectivity index (χ4v) is 6.18. The predicted molar refractivity (Wildman–Crippen MR) is 144 cm³/mol. The molecule has 1 amide bonds. The number of aromatic nitrogens is 2. The van der Waals surface area contributed by atoms with Gasteiger partial charge in [-0.1, -0.05) is 24.3 Å². The molecule has 2 aliphatic rings. The number of alkyl halides is 6. The molecule has 1 fully saturated rings. The van der Waals surface area contributed by atoms with E-state index in [4.69, 9.17) is 4.74 Å². The van der Waals surface area contributed by atoms with Crippen LogP contribution in [0.25, 0.3) is 11.3 Å². The molecule has 0 unspecified atom stereocenters. The van der Waals surface area contributed by atoms with E-state index in [-0.39, 0.29) is 78.9 Å². The Morgan fingerprint density at radius 3 is 2.14 bits per heavy atom. The zero-order valence-electron chi connectivity index (χ0n) is 22.8. The second-order valence-electron chi connectivity index (χ2n) is 10.3. The number of amides is 1. The second-order valence-corrected chi connectivity index (χ2v) is 12.7. The van der Waals surface area contributed by atoms with E-state index in [1.807, 2.05) is 0 Å². The molecule has 2 aliphatic heterocycles. The molecule has 3 heterocycles. The molecule has 0 saturated carbocycles. The first-order chi connectivity index (χ1) is 20.1. The van der Waals surface area contributed by atoms with Crippen molar-refractivity contribution in [2.45, 2.75) is 32.2 Å². The van der Waals surface area contributed by atoms with Gasteiger partial charge in [0.15, 0.2) is 9.84 Å². The summed E-state index contributed by atoms with van der Waals surface area (Å²) in [5.41, 5.74) is -1.97. The van der Waals surface area contributed by atoms with Crippen LogP contribution in [0.5, 0.6) is 5.88 Å². The lowest BCUT2D eigenvalue weighted by Gasteiger charge is -2.30. The molecule has 2 aromatic carbocycles. The van der Waals surface area contributed by atoms with E-state index in [1.54, 1.807) is 36.1 Å². The quantitative estimate of drug-likeness (QED) is 0.369. The number of rotatable bonds is 4. The van der Waals surface area contributed by atoms with E-state index < -0.39 is 45.8 Å². The third-order valence-corrected chi connectivity index (χ3v) is 8.83. The summed E-state index contributed by atoms with van der Waals surface area (Å²) in [6, 6.07) is 8.23. The summed E-state index contributed by atoms with van der Waals surface area (Å²) in [4.78, 5) is 26.0. The van der Waals surface area contributed by atoms with Gasteiger partial charge >= 0.3 is 12.4 Å². The van der Waals surface area contributed by atoms with E-state index >= 15 is 0 Å². The first kappa shape index (κ1) is 30.6. The minimum Gasteiger partial charge on any atom is -0.477 e. The highest BCUT2D eigenvalue weighted by Gasteiger charge is 2.38. The summed E-state index contributed by atoms with van der Waals surface area (Å²) >= 11 is 0. The van der Waals surface area contributed by atoms with E-state index in [9.17, 15) is 39.6 Å². The normalized spacial score (nSPS) is 17.6. The lowest BCUT2D eigenvalue weighted by Crippen LogP contribution is -2.41. The Morgan fingerprint density at radius 1 is 0.907 bits per heavy atom. The lowest BCUT2D eigenvalue weighted by molar-refractivity contribution is -0.143. The number of fused-ring (bicyclic) bond motifs is 1. The summed E-state index contributed by atoms with van der Waals surface area (Å²) in [6.07, 6.45) is -9.85. The molecule has 0 aliphatic carbocycles. The molecule has 1 aromatic heterocycles. The maximum Gasteiger partial charge on any atom is 0.416 e. The molecule has 43 heavy (non-hydrogen) atoms. The predicted octanol–water partition coefficient (Wildman–Crippen LogP) is 5.15. The molecule has 0 radical (unpaired) electrons. The highest BCUT2D eigenvalue weighted by atomic mass is 32.2. The van der Waals surface area contributed by atoms with Gasteiger partial charge < -0.3 is 14.5 Å². The number of carbonyl (C=O) groups is 1. The topological polar surface area (TPSA) is 92.7 Å². The van der Waals surface area contributed by atoms with Crippen molar-refractivity contribution in [2.24, 2.45) is 0 Å². The van der Waals surface area contributed by atoms with Crippen molar-refractivity contribution >= 4 is 21.7 Å². The summed E-state index contributed by atoms with van der Waals surface area (Å²) < 4.78 is 111. The average Bonchev–Trinajstić information content (AvgIpc) is 2.92. The maximum atomic E-state index is 14.1. The van der Waals surface area contributed by atoms with Gasteiger partial charge in [-0.05, 0) is 42.7 Å². The Balaban J connectivity index is 1.60. The number of halogens is 6. The molecule has 230 valence electrons. The summed E-state index contributed by atoms with van der Waals surface area (Å²) in [6.45, 7) is 1.51. The van der Waals surface area contributed by atoms with Crippen LogP contribution in [0, 0.1) is 6.92 Å². The Bertz CT molecular complexity index is 1610. The van der Waals surface area contributed by atoms with Crippen molar-refractivity contribution in [3.63, 3.8) is 0 Å². The zero-order valence-corrected chi connectivity index (χ0v) is 23.6. The van der Waals surface area contributed by atoms with Gasteiger partial charge in [-0.15, -0.1) is 0 Å². The van der Waals surface area contributed by atoms with Crippen molar-refractivity contribution in [3.8, 4) is 17.1 Å². The van der Waals surface area contributed by atoms with Crippen LogP contribution < -0.4 is 9.64 Å². The number of carbonyl (C=O) groups excluding carboxylic acids is 1. The number of aryl methyl sites for hydroxylation is 1. The lowest BCUT2D eigenvalue weighted by atomic mass is 10.00. The number of sulfone groups is 1. The Labute approximate surface area is 243 Å². The van der Waals surface area contributed by atoms with Crippen LogP contribution in [-0.4, -0.2) is 66.9 Å². The van der Waals surface area contributed by atoms with Crippen LogP contribution in [0.2, 0.25) is 0 Å². The molecule has 0 N–H and O–H groups in total. The molecule has 5 rings (SSSR count). The van der Waals surface area contributed by atoms with Gasteiger partial charge in [0.05, 0.1) is 34.9 Å². The SMILES string of the molecule is Cc1ccccc1-c1nc(N2CCS(=O)(=O)CC2)nc2c1C(=O)N(Cc1cc(C(F)(F)F)cc(C(F)(F)F)c1)CCCO2. The standard InChI is InChI=1S/C28H26F6N4O4S/c1-17-5-2-3-6-21(17)23-22-24(36-26(35-23)37-8-11-43(40,41)12-9-37)42-10-4-7-38(25(22)39)16-18-13-19(27(29,30)31)15-20(14-18)28(32,33)34/h2-3,5-6,13-15H,4,7-12,16H2,1H3. The van der Waals surface area contributed by atoms with Crippen LogP contribution in [0.4, 0.5) is 32.3 Å². The van der Waals surface area contributed by atoms with Crippen LogP contribution in [0.15, 0.2) is 42.5 Å². The molecular weight excluding hydrogens is 602 g/mol. The monoisotopic (exact) mass is 628 g/mol. The third kappa shape index (κ3) is 6.71. The first-order valence-corrected chi connectivity index (χ1v) is 15.1. The zero-order chi connectivity index (χ0) is 31.2. The number of anilines is 1. The minimum absolute atomic E-state index is 0.0190. The fraction of sp³-hybridized carbons (Fsp3) is 0.393. The molecule has 1 saturated heterocycles. The summed E-state index contributed by atoms with van der Waals surface area (Å²) in [7, 11) is -3.22. The number of ether oxygens (including phenoxy) is 1. The number of hydrogen-bond acceptors (Lipinski definition) is 7. The van der Waals surface area contributed by atoms with E-state index in [1.165, 1.54) is 0 Å². The first-order valence-electron chi connectivity index (χ1n) is 13.3. The molecule has 8 nitrogen and oxygen atoms in total. The summed E-state index contributed by atoms with van der Waals surface area (Å²) in [5, 5.41) is 0. The van der Waals surface area contributed by atoms with Gasteiger partial charge in [0.25, 0.3) is 5.91 Å². The van der Waals surface area contributed by atoms with Crippen molar-refractivity contribution in [2.75, 3.05) is 42.6 Å². The van der Waals surface area contributed by atoms with Crippen LogP contribution in [-0.2, 0) is 28.7 Å². The highest BCUT2D eigenvalue weighted by molar-refractivity contribution is 7.91. The van der Waals surface area contributed by atoms with Gasteiger partial charge in [-0.2, -0.15) is 31.3 Å². The number of nitrogens with zero attached hydrogens (tertiary/aromatic N) is 4. The molecule has 15 heteroatoms. The van der Waals surface area contributed by atoms with Gasteiger partial charge in [-0.25, -0.2) is 13.4 Å². The molecule has 0 atom stereocenters. The van der Waals surface area contributed by atoms with Gasteiger partial charge in [0, 0.05) is 31.7 Å². The van der Waals surface area contributed by atoms with E-state index in [0.29, 0.717) is 17.7 Å². The van der Waals surface area contributed by atoms with Crippen LogP contribution in [0.3, 0.4) is 0 Å². The Kier molecular flexibility index (Phi) is 8.05. The van der Waals surface area contributed by atoms with Gasteiger partial charge in [-0.3, -0.25) is 4.79 Å². The van der Waals surface area contributed by atoms with Crippen molar-refractivity contribution in [1.29, 1.82) is 0 Å². The van der Waals surface area contributed by atoms with Crippen molar-refractivity contribution < 1.29 is 44.3 Å². The average molecular weight is 629 g/mol. The Hall–Kier alpha value is -3.88.